The number of esters is 1. The molecule has 0 aliphatic carbocycles. The highest BCUT2D eigenvalue weighted by atomic mass is 19.1. The topological polar surface area (TPSA) is 87.7 Å². The van der Waals surface area contributed by atoms with Gasteiger partial charge in [0.25, 0.3) is 5.56 Å². The summed E-state index contributed by atoms with van der Waals surface area (Å²) in [6.07, 6.45) is 4.41. The van der Waals surface area contributed by atoms with Crippen molar-refractivity contribution in [2.24, 2.45) is 0 Å². The lowest BCUT2D eigenvalue weighted by atomic mass is 10.1. The van der Waals surface area contributed by atoms with Gasteiger partial charge in [-0.3, -0.25) is 4.79 Å². The Labute approximate surface area is 192 Å². The van der Waals surface area contributed by atoms with Crippen LogP contribution in [0.3, 0.4) is 0 Å². The summed E-state index contributed by atoms with van der Waals surface area (Å²) in [6, 6.07) is 13.4. The average molecular weight is 458 g/mol. The smallest absolute Gasteiger partial charge is 0.345 e. The van der Waals surface area contributed by atoms with Crippen molar-refractivity contribution in [3.63, 3.8) is 0 Å². The van der Waals surface area contributed by atoms with Gasteiger partial charge in [-0.05, 0) is 48.9 Å². The third-order valence-corrected chi connectivity index (χ3v) is 5.49. The molecular weight excluding hydrogens is 439 g/mol. The number of benzene rings is 2. The molecule has 0 aliphatic heterocycles. The van der Waals surface area contributed by atoms with Crippen molar-refractivity contribution >= 4 is 22.6 Å². The Bertz CT molecular complexity index is 1590. The molecule has 0 radical (unpaired) electrons. The summed E-state index contributed by atoms with van der Waals surface area (Å²) in [5.74, 6) is -0.398. The van der Waals surface area contributed by atoms with Crippen molar-refractivity contribution in [3.05, 3.63) is 89.0 Å². The van der Waals surface area contributed by atoms with Gasteiger partial charge in [-0.25, -0.2) is 23.6 Å². The van der Waals surface area contributed by atoms with Gasteiger partial charge in [-0.1, -0.05) is 12.1 Å². The van der Waals surface area contributed by atoms with Crippen molar-refractivity contribution in [1.29, 1.82) is 0 Å². The number of halogens is 1. The lowest BCUT2D eigenvalue weighted by Gasteiger charge is -2.07. The van der Waals surface area contributed by atoms with E-state index in [1.807, 2.05) is 30.5 Å². The number of hydrogen-bond donors (Lipinski definition) is 0. The number of carbonyl (C=O) groups is 1. The Balaban J connectivity index is 1.82. The fourth-order valence-corrected chi connectivity index (χ4v) is 3.85. The van der Waals surface area contributed by atoms with Gasteiger partial charge in [-0.15, -0.1) is 0 Å². The van der Waals surface area contributed by atoms with Crippen LogP contribution in [0.25, 0.3) is 33.5 Å². The maximum atomic E-state index is 13.5. The molecule has 34 heavy (non-hydrogen) atoms. The van der Waals surface area contributed by atoms with E-state index in [-0.39, 0.29) is 18.0 Å². The normalized spacial score (nSPS) is 11.1. The second kappa shape index (κ2) is 8.43. The SMILES string of the molecule is CCOC(=O)c1cnc2c3c(-c4ccc(OC)cc4)cn(-c4ccc(F)cc4)c3ncn2c1=O. The van der Waals surface area contributed by atoms with Gasteiger partial charge in [0, 0.05) is 23.6 Å². The van der Waals surface area contributed by atoms with E-state index in [2.05, 4.69) is 9.97 Å². The fourth-order valence-electron chi connectivity index (χ4n) is 3.85. The Kier molecular flexibility index (Phi) is 5.29. The largest absolute Gasteiger partial charge is 0.497 e. The van der Waals surface area contributed by atoms with Crippen LogP contribution in [-0.4, -0.2) is 38.6 Å². The number of rotatable bonds is 5. The third kappa shape index (κ3) is 3.47. The summed E-state index contributed by atoms with van der Waals surface area (Å²) < 4.78 is 26.8. The van der Waals surface area contributed by atoms with Crippen molar-refractivity contribution in [2.45, 2.75) is 6.92 Å². The van der Waals surface area contributed by atoms with Crippen LogP contribution in [0.4, 0.5) is 4.39 Å². The van der Waals surface area contributed by atoms with Gasteiger partial charge in [0.2, 0.25) is 0 Å². The van der Waals surface area contributed by atoms with E-state index in [4.69, 9.17) is 9.47 Å². The standard InChI is InChI=1S/C25H19FN4O4/c1-3-34-25(32)19-12-27-22-21-20(15-4-10-18(33-2)11-5-15)13-29(17-8-6-16(26)7-9-17)23(21)28-14-30(22)24(19)31/h4-14H,3H2,1-2H3. The van der Waals surface area contributed by atoms with Gasteiger partial charge >= 0.3 is 5.97 Å². The van der Waals surface area contributed by atoms with Crippen LogP contribution >= 0.6 is 0 Å². The molecule has 0 atom stereocenters. The molecule has 0 saturated heterocycles. The lowest BCUT2D eigenvalue weighted by Crippen LogP contribution is -2.24. The Morgan fingerprint density at radius 3 is 2.44 bits per heavy atom. The summed E-state index contributed by atoms with van der Waals surface area (Å²) >= 11 is 0. The molecule has 0 N–H and O–H groups in total. The van der Waals surface area contributed by atoms with E-state index in [1.165, 1.54) is 29.1 Å². The molecule has 0 amide bonds. The van der Waals surface area contributed by atoms with Crippen LogP contribution in [0.5, 0.6) is 5.75 Å². The number of hydrogen-bond acceptors (Lipinski definition) is 6. The van der Waals surface area contributed by atoms with Gasteiger partial charge in [0.15, 0.2) is 11.3 Å². The first-order valence-corrected chi connectivity index (χ1v) is 10.5. The molecular formula is C25H19FN4O4. The monoisotopic (exact) mass is 458 g/mol. The molecule has 0 fully saturated rings. The number of aromatic nitrogens is 4. The minimum absolute atomic E-state index is 0.139. The summed E-state index contributed by atoms with van der Waals surface area (Å²) in [6.45, 7) is 1.80. The zero-order chi connectivity index (χ0) is 23.8. The highest BCUT2D eigenvalue weighted by Crippen LogP contribution is 2.34. The van der Waals surface area contributed by atoms with Crippen molar-refractivity contribution in [2.75, 3.05) is 13.7 Å². The summed E-state index contributed by atoms with van der Waals surface area (Å²) in [5.41, 5.74) is 2.38. The highest BCUT2D eigenvalue weighted by molar-refractivity contribution is 6.04. The number of carbonyl (C=O) groups excluding carboxylic acids is 1. The fraction of sp³-hybridized carbons (Fsp3) is 0.120. The lowest BCUT2D eigenvalue weighted by molar-refractivity contribution is 0.0523. The number of fused-ring (bicyclic) bond motifs is 3. The molecule has 5 aromatic rings. The minimum Gasteiger partial charge on any atom is -0.497 e. The van der Waals surface area contributed by atoms with Crippen LogP contribution in [0, 0.1) is 5.82 Å². The van der Waals surface area contributed by atoms with E-state index >= 15 is 0 Å². The van der Waals surface area contributed by atoms with Crippen LogP contribution in [0.15, 0.2) is 72.0 Å². The quantitative estimate of drug-likeness (QED) is 0.370. The third-order valence-electron chi connectivity index (χ3n) is 5.49. The molecule has 0 aliphatic rings. The number of nitrogens with zero attached hydrogens (tertiary/aromatic N) is 4. The molecule has 0 saturated carbocycles. The van der Waals surface area contributed by atoms with E-state index < -0.39 is 11.5 Å². The summed E-state index contributed by atoms with van der Waals surface area (Å²) in [4.78, 5) is 34.2. The van der Waals surface area contributed by atoms with Crippen molar-refractivity contribution in [1.82, 2.24) is 18.9 Å². The predicted octanol–water partition coefficient (Wildman–Crippen LogP) is 4.02. The molecule has 2 aromatic carbocycles. The molecule has 0 bridgehead atoms. The zero-order valence-electron chi connectivity index (χ0n) is 18.4. The first-order valence-electron chi connectivity index (χ1n) is 10.5. The van der Waals surface area contributed by atoms with Crippen LogP contribution < -0.4 is 10.3 Å². The van der Waals surface area contributed by atoms with Crippen LogP contribution in [0.1, 0.15) is 17.3 Å². The van der Waals surface area contributed by atoms with Crippen LogP contribution in [0.2, 0.25) is 0 Å². The first kappa shape index (κ1) is 21.3. The Hall–Kier alpha value is -4.53. The van der Waals surface area contributed by atoms with Gasteiger partial charge in [-0.2, -0.15) is 0 Å². The minimum atomic E-state index is -0.742. The maximum absolute atomic E-state index is 13.5. The van der Waals surface area contributed by atoms with Crippen LogP contribution in [-0.2, 0) is 4.74 Å². The van der Waals surface area contributed by atoms with Gasteiger partial charge < -0.3 is 14.0 Å². The maximum Gasteiger partial charge on any atom is 0.345 e. The molecule has 170 valence electrons. The van der Waals surface area contributed by atoms with Crippen molar-refractivity contribution < 1.29 is 18.7 Å². The molecule has 5 rings (SSSR count). The van der Waals surface area contributed by atoms with E-state index in [0.29, 0.717) is 28.1 Å². The first-order chi connectivity index (χ1) is 16.5. The molecule has 0 spiro atoms. The number of methoxy groups -OCH3 is 1. The Morgan fingerprint density at radius 2 is 1.76 bits per heavy atom. The van der Waals surface area contributed by atoms with Gasteiger partial charge in [0.1, 0.15) is 23.5 Å². The molecule has 0 unspecified atom stereocenters. The van der Waals surface area contributed by atoms with E-state index in [0.717, 1.165) is 11.1 Å². The summed E-state index contributed by atoms with van der Waals surface area (Å²) in [5, 5.41) is 0.601. The van der Waals surface area contributed by atoms with Crippen molar-refractivity contribution in [3.8, 4) is 22.6 Å². The molecule has 9 heteroatoms. The predicted molar refractivity (Wildman–Crippen MR) is 124 cm³/mol. The molecule has 3 heterocycles. The highest BCUT2D eigenvalue weighted by Gasteiger charge is 2.20. The summed E-state index contributed by atoms with van der Waals surface area (Å²) in [7, 11) is 1.59. The van der Waals surface area contributed by atoms with E-state index in [1.54, 1.807) is 30.7 Å². The Morgan fingerprint density at radius 1 is 1.03 bits per heavy atom. The van der Waals surface area contributed by atoms with Gasteiger partial charge in [0.05, 0.1) is 19.1 Å². The second-order valence-corrected chi connectivity index (χ2v) is 7.45. The molecule has 3 aromatic heterocycles. The zero-order valence-corrected chi connectivity index (χ0v) is 18.4. The second-order valence-electron chi connectivity index (χ2n) is 7.45. The van der Waals surface area contributed by atoms with E-state index in [9.17, 15) is 14.0 Å². The number of ether oxygens (including phenoxy) is 2. The molecule has 8 nitrogen and oxygen atoms in total. The average Bonchev–Trinajstić information content (AvgIpc) is 3.25.